The zero-order chi connectivity index (χ0) is 4.12. The van der Waals surface area contributed by atoms with E-state index in [9.17, 15) is 0 Å². The Morgan fingerprint density at radius 1 is 1.80 bits per heavy atom. The molecule has 0 aromatic heterocycles. The first kappa shape index (κ1) is 5.83. The van der Waals surface area contributed by atoms with Gasteiger partial charge < -0.3 is 0 Å². The van der Waals surface area contributed by atoms with Crippen LogP contribution in [-0.2, 0) is 24.7 Å². The summed E-state index contributed by atoms with van der Waals surface area (Å²) in [6.07, 6.45) is 1.27. The van der Waals surface area contributed by atoms with Crippen molar-refractivity contribution in [3.63, 3.8) is 0 Å². The fourth-order valence-electron chi connectivity index (χ4n) is 0.125. The van der Waals surface area contributed by atoms with E-state index < -0.39 is 0 Å². The SMILES string of the molecule is CCC[NH][Hf]. The van der Waals surface area contributed by atoms with Crippen molar-refractivity contribution in [2.45, 2.75) is 13.3 Å². The molecule has 1 nitrogen and oxygen atoms in total. The van der Waals surface area contributed by atoms with Crippen LogP contribution in [0, 0.1) is 0 Å². The number of rotatable bonds is 2. The molecule has 0 heterocycles. The van der Waals surface area contributed by atoms with E-state index in [1.54, 1.807) is 0 Å². The van der Waals surface area contributed by atoms with Gasteiger partial charge in [-0.2, -0.15) is 0 Å². The Morgan fingerprint density at radius 3 is 2.40 bits per heavy atom. The van der Waals surface area contributed by atoms with Gasteiger partial charge in [0.1, 0.15) is 0 Å². The number of hydrogen-bond donors (Lipinski definition) is 1. The monoisotopic (exact) mass is 238 g/mol. The molecule has 0 aliphatic rings. The average molecular weight is 237 g/mol. The van der Waals surface area contributed by atoms with Gasteiger partial charge in [0.05, 0.1) is 0 Å². The van der Waals surface area contributed by atoms with Crippen LogP contribution in [0.25, 0.3) is 0 Å². The Morgan fingerprint density at radius 2 is 2.40 bits per heavy atom. The van der Waals surface area contributed by atoms with Crippen molar-refractivity contribution in [1.82, 2.24) is 3.30 Å². The first-order valence-electron chi connectivity index (χ1n) is 1.81. The molecule has 0 fully saturated rings. The third-order valence-electron chi connectivity index (χ3n) is 0.375. The van der Waals surface area contributed by atoms with E-state index >= 15 is 0 Å². The molecule has 0 bridgehead atoms. The fraction of sp³-hybridized carbons (Fsp3) is 1.00. The summed E-state index contributed by atoms with van der Waals surface area (Å²) in [5.41, 5.74) is 0. The van der Waals surface area contributed by atoms with Gasteiger partial charge in [-0.25, -0.2) is 0 Å². The summed E-state index contributed by atoms with van der Waals surface area (Å²) < 4.78 is 3.16. The topological polar surface area (TPSA) is 12.0 Å². The zero-order valence-corrected chi connectivity index (χ0v) is 7.01. The second-order valence-electron chi connectivity index (χ2n) is 0.927. The van der Waals surface area contributed by atoms with E-state index in [-0.39, 0.29) is 0 Å². The molecule has 0 spiro atoms. The molecule has 5 heavy (non-hydrogen) atoms. The molecule has 0 aliphatic carbocycles. The Labute approximate surface area is 48.1 Å². The van der Waals surface area contributed by atoms with E-state index in [2.05, 4.69) is 10.2 Å². The van der Waals surface area contributed by atoms with Crippen molar-refractivity contribution in [1.29, 1.82) is 0 Å². The predicted octanol–water partition coefficient (Wildman–Crippen LogP) is 0.448. The Balaban J connectivity index is 2.19. The standard InChI is InChI=1S/C3H8N.Hf/c1-2-3-4;/h4H,2-3H2,1H3;/q-1;+1. The molecule has 0 rings (SSSR count). The molecule has 0 aromatic rings. The second-order valence-corrected chi connectivity index (χ2v) is 2.20. The van der Waals surface area contributed by atoms with Crippen molar-refractivity contribution >= 4 is 0 Å². The Bertz CT molecular complexity index is 14.4. The minimum atomic E-state index is 1.15. The third kappa shape index (κ3) is 4.83. The van der Waals surface area contributed by atoms with E-state index in [1.807, 2.05) is 0 Å². The van der Waals surface area contributed by atoms with Gasteiger partial charge in [0.2, 0.25) is 0 Å². The maximum absolute atomic E-state index is 3.16. The minimum absolute atomic E-state index is 1.15. The van der Waals surface area contributed by atoms with Gasteiger partial charge in [-0.3, -0.25) is 0 Å². The zero-order valence-electron chi connectivity index (χ0n) is 3.41. The molecule has 0 saturated heterocycles. The van der Waals surface area contributed by atoms with Gasteiger partial charge in [0.25, 0.3) is 0 Å². The van der Waals surface area contributed by atoms with Crippen molar-refractivity contribution in [3.8, 4) is 0 Å². The normalized spacial score (nSPS) is 8.00. The summed E-state index contributed by atoms with van der Waals surface area (Å²) >= 11 is 1.15. The molecular weight excluding hydrogens is 229 g/mol. The first-order valence-corrected chi connectivity index (χ1v) is 3.61. The van der Waals surface area contributed by atoms with Crippen LogP contribution in [0.2, 0.25) is 0 Å². The van der Waals surface area contributed by atoms with Gasteiger partial charge in [-0.1, -0.05) is 0 Å². The predicted molar refractivity (Wildman–Crippen MR) is 18.3 cm³/mol. The van der Waals surface area contributed by atoms with Crippen LogP contribution in [0.1, 0.15) is 13.3 Å². The molecule has 0 amide bonds. The van der Waals surface area contributed by atoms with Crippen LogP contribution < -0.4 is 3.30 Å². The summed E-state index contributed by atoms with van der Waals surface area (Å²) in [5.74, 6) is 0. The molecular formula is C3H8HfN. The van der Waals surface area contributed by atoms with Gasteiger partial charge in [0, 0.05) is 0 Å². The van der Waals surface area contributed by atoms with Crippen molar-refractivity contribution in [2.75, 3.05) is 6.54 Å². The number of hydrogen-bond acceptors (Lipinski definition) is 1. The molecule has 0 aliphatic heterocycles. The van der Waals surface area contributed by atoms with Gasteiger partial charge in [-0.05, 0) is 0 Å². The van der Waals surface area contributed by atoms with Crippen LogP contribution in [0.5, 0.6) is 0 Å². The van der Waals surface area contributed by atoms with Crippen LogP contribution >= 0.6 is 0 Å². The molecule has 0 unspecified atom stereocenters. The summed E-state index contributed by atoms with van der Waals surface area (Å²) in [5, 5.41) is 0. The molecule has 0 atom stereocenters. The van der Waals surface area contributed by atoms with E-state index in [1.165, 1.54) is 13.0 Å². The molecule has 1 N–H and O–H groups in total. The summed E-state index contributed by atoms with van der Waals surface area (Å²) in [4.78, 5) is 0. The van der Waals surface area contributed by atoms with Crippen molar-refractivity contribution in [2.24, 2.45) is 0 Å². The first-order chi connectivity index (χ1) is 2.41. The quantitative estimate of drug-likeness (QED) is 0.687. The second kappa shape index (κ2) is 4.83. The van der Waals surface area contributed by atoms with Crippen LogP contribution in [0.15, 0.2) is 0 Å². The number of nitrogens with one attached hydrogen (secondary N) is 1. The van der Waals surface area contributed by atoms with Crippen molar-refractivity contribution in [3.05, 3.63) is 0 Å². The fourth-order valence-corrected chi connectivity index (χ4v) is 1.02. The van der Waals surface area contributed by atoms with Gasteiger partial charge in [-0.15, -0.1) is 0 Å². The molecule has 0 aromatic carbocycles. The maximum atomic E-state index is 3.16. The summed E-state index contributed by atoms with van der Waals surface area (Å²) in [6.45, 7) is 3.37. The van der Waals surface area contributed by atoms with Gasteiger partial charge >= 0.3 is 47.9 Å². The molecule has 2 heteroatoms. The van der Waals surface area contributed by atoms with Crippen LogP contribution in [-0.4, -0.2) is 6.54 Å². The molecule has 0 radical (unpaired) electrons. The average Bonchev–Trinajstić information content (AvgIpc) is 1.41. The van der Waals surface area contributed by atoms with E-state index in [0.29, 0.717) is 0 Å². The van der Waals surface area contributed by atoms with Crippen molar-refractivity contribution < 1.29 is 24.7 Å². The Hall–Kier alpha value is 0.830. The van der Waals surface area contributed by atoms with Crippen LogP contribution in [0.4, 0.5) is 0 Å². The van der Waals surface area contributed by atoms with Crippen LogP contribution in [0.3, 0.4) is 0 Å². The summed E-state index contributed by atoms with van der Waals surface area (Å²) in [7, 11) is 0. The third-order valence-corrected chi connectivity index (χ3v) is 1.27. The van der Waals surface area contributed by atoms with E-state index in [4.69, 9.17) is 0 Å². The van der Waals surface area contributed by atoms with E-state index in [0.717, 1.165) is 24.7 Å². The molecule has 29 valence electrons. The van der Waals surface area contributed by atoms with Gasteiger partial charge in [0.15, 0.2) is 0 Å². The Kier molecular flexibility index (Phi) is 5.63. The molecule has 0 saturated carbocycles. The summed E-state index contributed by atoms with van der Waals surface area (Å²) in [6, 6.07) is 0.